The third kappa shape index (κ3) is 2.63. The number of carbonyl (C=O) groups excluding carboxylic acids is 1. The first-order chi connectivity index (χ1) is 10.2. The molecule has 1 aromatic carbocycles. The molecule has 0 aliphatic carbocycles. The Morgan fingerprint density at radius 3 is 2.86 bits per heavy atom. The molecule has 2 heterocycles. The molecule has 21 heavy (non-hydrogen) atoms. The minimum Gasteiger partial charge on any atom is -0.481 e. The summed E-state index contributed by atoms with van der Waals surface area (Å²) in [5, 5.41) is 9.74. The van der Waals surface area contributed by atoms with E-state index in [1.54, 1.807) is 37.6 Å². The van der Waals surface area contributed by atoms with Crippen LogP contribution in [0.15, 0.2) is 36.5 Å². The number of benzene rings is 1. The maximum Gasteiger partial charge on any atom is 0.212 e. The van der Waals surface area contributed by atoms with Crippen LogP contribution in [-0.4, -0.2) is 34.6 Å². The van der Waals surface area contributed by atoms with Crippen LogP contribution in [0.2, 0.25) is 0 Å². The first-order valence-corrected chi connectivity index (χ1v) is 7.08. The van der Waals surface area contributed by atoms with E-state index in [-0.39, 0.29) is 5.78 Å². The molecule has 0 saturated heterocycles. The lowest BCUT2D eigenvalue weighted by Gasteiger charge is -1.98. The van der Waals surface area contributed by atoms with Gasteiger partial charge in [0.05, 0.1) is 17.3 Å². The zero-order valence-corrected chi connectivity index (χ0v) is 12.1. The summed E-state index contributed by atoms with van der Waals surface area (Å²) in [6, 6.07) is 8.89. The normalized spacial score (nSPS) is 10.8. The lowest BCUT2D eigenvalue weighted by molar-refractivity contribution is 0.0904. The smallest absolute Gasteiger partial charge is 0.212 e. The molecule has 0 bridgehead atoms. The van der Waals surface area contributed by atoms with E-state index < -0.39 is 6.61 Å². The molecule has 3 aromatic rings. The fraction of sp³-hybridized carbons (Fsp3) is 0.133. The second kappa shape index (κ2) is 5.59. The van der Waals surface area contributed by atoms with Crippen molar-refractivity contribution >= 4 is 27.3 Å². The number of rotatable bonds is 4. The van der Waals surface area contributed by atoms with Crippen LogP contribution >= 0.6 is 11.3 Å². The Morgan fingerprint density at radius 1 is 1.33 bits per heavy atom. The number of thiazole rings is 1. The number of hydrogen-bond donors (Lipinski definition) is 1. The highest BCUT2D eigenvalue weighted by molar-refractivity contribution is 7.21. The quantitative estimate of drug-likeness (QED) is 0.750. The summed E-state index contributed by atoms with van der Waals surface area (Å²) in [6.07, 6.45) is 1.70. The Bertz CT molecular complexity index is 796. The van der Waals surface area contributed by atoms with Gasteiger partial charge in [-0.1, -0.05) is 0 Å². The van der Waals surface area contributed by atoms with Gasteiger partial charge in [0.25, 0.3) is 0 Å². The monoisotopic (exact) mass is 300 g/mol. The molecule has 0 amide bonds. The van der Waals surface area contributed by atoms with Crippen molar-refractivity contribution in [3.63, 3.8) is 0 Å². The van der Waals surface area contributed by atoms with Gasteiger partial charge < -0.3 is 9.84 Å². The van der Waals surface area contributed by atoms with Crippen LogP contribution in [0.5, 0.6) is 5.88 Å². The molecule has 3 rings (SSSR count). The van der Waals surface area contributed by atoms with Gasteiger partial charge in [0.15, 0.2) is 5.78 Å². The van der Waals surface area contributed by atoms with E-state index in [0.29, 0.717) is 11.4 Å². The van der Waals surface area contributed by atoms with Crippen LogP contribution in [0.4, 0.5) is 0 Å². The molecule has 0 saturated carbocycles. The fourth-order valence-electron chi connectivity index (χ4n) is 1.94. The maximum atomic E-state index is 11.5. The molecule has 0 unspecified atom stereocenters. The third-order valence-electron chi connectivity index (χ3n) is 3.05. The van der Waals surface area contributed by atoms with Crippen molar-refractivity contribution in [1.29, 1.82) is 0 Å². The molecule has 0 radical (unpaired) electrons. The van der Waals surface area contributed by atoms with Crippen molar-refractivity contribution in [2.45, 2.75) is 0 Å². The SMILES string of the molecule is COc1ccc(-c2nc3ccc(C(=O)CO)cc3s2)cn1. The average Bonchev–Trinajstić information content (AvgIpc) is 2.97. The molecule has 0 spiro atoms. The number of ether oxygens (including phenoxy) is 1. The van der Waals surface area contributed by atoms with Crippen LogP contribution in [0.1, 0.15) is 10.4 Å². The Labute approximate surface area is 124 Å². The number of aliphatic hydroxyl groups is 1. The summed E-state index contributed by atoms with van der Waals surface area (Å²) in [4.78, 5) is 20.2. The molecule has 5 nitrogen and oxygen atoms in total. The van der Waals surface area contributed by atoms with E-state index in [4.69, 9.17) is 9.84 Å². The molecule has 2 aromatic heterocycles. The van der Waals surface area contributed by atoms with Crippen LogP contribution < -0.4 is 4.74 Å². The number of Topliss-reactive ketones (excluding diaryl/α,β-unsaturated/α-hetero) is 1. The number of fused-ring (bicyclic) bond motifs is 1. The van der Waals surface area contributed by atoms with E-state index in [2.05, 4.69) is 9.97 Å². The summed E-state index contributed by atoms with van der Waals surface area (Å²) in [5.41, 5.74) is 2.21. The van der Waals surface area contributed by atoms with E-state index in [9.17, 15) is 4.79 Å². The molecule has 0 fully saturated rings. The van der Waals surface area contributed by atoms with Crippen molar-refractivity contribution in [1.82, 2.24) is 9.97 Å². The summed E-state index contributed by atoms with van der Waals surface area (Å²) in [6.45, 7) is -0.487. The highest BCUT2D eigenvalue weighted by Crippen LogP contribution is 2.31. The summed E-state index contributed by atoms with van der Waals surface area (Å²) in [5.74, 6) is 0.258. The van der Waals surface area contributed by atoms with E-state index in [1.807, 2.05) is 6.07 Å². The van der Waals surface area contributed by atoms with E-state index >= 15 is 0 Å². The van der Waals surface area contributed by atoms with E-state index in [0.717, 1.165) is 20.8 Å². The first-order valence-electron chi connectivity index (χ1n) is 6.26. The van der Waals surface area contributed by atoms with Crippen LogP contribution in [0.3, 0.4) is 0 Å². The molecule has 0 aliphatic heterocycles. The van der Waals surface area contributed by atoms with Gasteiger partial charge in [-0.2, -0.15) is 0 Å². The maximum absolute atomic E-state index is 11.5. The van der Waals surface area contributed by atoms with Crippen LogP contribution in [0.25, 0.3) is 20.8 Å². The summed E-state index contributed by atoms with van der Waals surface area (Å²) in [7, 11) is 1.57. The predicted octanol–water partition coefficient (Wildman–Crippen LogP) is 2.54. The molecule has 106 valence electrons. The summed E-state index contributed by atoms with van der Waals surface area (Å²) < 4.78 is 5.93. The number of hydrogen-bond acceptors (Lipinski definition) is 6. The second-order valence-corrected chi connectivity index (χ2v) is 5.40. The van der Waals surface area contributed by atoms with Crippen molar-refractivity contribution < 1.29 is 14.6 Å². The predicted molar refractivity (Wildman–Crippen MR) is 80.8 cm³/mol. The number of methoxy groups -OCH3 is 1. The second-order valence-electron chi connectivity index (χ2n) is 4.37. The van der Waals surface area contributed by atoms with Gasteiger partial charge in [-0.3, -0.25) is 4.79 Å². The molecule has 6 heteroatoms. The van der Waals surface area contributed by atoms with Crippen molar-refractivity contribution in [2.75, 3.05) is 13.7 Å². The minimum absolute atomic E-state index is 0.294. The number of ketones is 1. The number of nitrogens with zero attached hydrogens (tertiary/aromatic N) is 2. The van der Waals surface area contributed by atoms with Gasteiger partial charge in [0.1, 0.15) is 11.6 Å². The van der Waals surface area contributed by atoms with Crippen molar-refractivity contribution in [2.24, 2.45) is 0 Å². The molecule has 1 N–H and O–H groups in total. The first kappa shape index (κ1) is 13.7. The third-order valence-corrected chi connectivity index (χ3v) is 4.11. The van der Waals surface area contributed by atoms with E-state index in [1.165, 1.54) is 11.3 Å². The lowest BCUT2D eigenvalue weighted by atomic mass is 10.1. The van der Waals surface area contributed by atoms with Gasteiger partial charge in [-0.25, -0.2) is 9.97 Å². The Morgan fingerprint density at radius 2 is 2.19 bits per heavy atom. The molecule has 0 aliphatic rings. The molecular formula is C15H12N2O3S. The lowest BCUT2D eigenvalue weighted by Crippen LogP contribution is -2.03. The topological polar surface area (TPSA) is 72.3 Å². The summed E-state index contributed by atoms with van der Waals surface area (Å²) >= 11 is 1.48. The standard InChI is InChI=1S/C15H12N2O3S/c1-20-14-5-3-10(7-16-14)15-17-11-4-2-9(12(19)8-18)6-13(11)21-15/h2-7,18H,8H2,1H3. The number of pyridine rings is 1. The highest BCUT2D eigenvalue weighted by Gasteiger charge is 2.10. The Kier molecular flexibility index (Phi) is 3.64. The van der Waals surface area contributed by atoms with Crippen LogP contribution in [-0.2, 0) is 0 Å². The average molecular weight is 300 g/mol. The van der Waals surface area contributed by atoms with Gasteiger partial charge in [0, 0.05) is 23.4 Å². The van der Waals surface area contributed by atoms with Crippen LogP contribution in [0, 0.1) is 0 Å². The number of carbonyl (C=O) groups is 1. The van der Waals surface area contributed by atoms with Gasteiger partial charge in [-0.15, -0.1) is 11.3 Å². The molecule has 0 atom stereocenters. The Balaban J connectivity index is 2.01. The number of aliphatic hydroxyl groups excluding tert-OH is 1. The zero-order valence-electron chi connectivity index (χ0n) is 11.2. The number of aromatic nitrogens is 2. The fourth-order valence-corrected chi connectivity index (χ4v) is 2.94. The van der Waals surface area contributed by atoms with Crippen molar-refractivity contribution in [3.05, 3.63) is 42.1 Å². The van der Waals surface area contributed by atoms with Crippen molar-refractivity contribution in [3.8, 4) is 16.5 Å². The minimum atomic E-state index is -0.487. The largest absolute Gasteiger partial charge is 0.481 e. The zero-order chi connectivity index (χ0) is 14.8. The molecular weight excluding hydrogens is 288 g/mol. The van der Waals surface area contributed by atoms with Gasteiger partial charge >= 0.3 is 0 Å². The Hall–Kier alpha value is -2.31. The highest BCUT2D eigenvalue weighted by atomic mass is 32.1. The van der Waals surface area contributed by atoms with Gasteiger partial charge in [-0.05, 0) is 24.3 Å². The van der Waals surface area contributed by atoms with Gasteiger partial charge in [0.2, 0.25) is 5.88 Å².